The molecule has 0 aromatic carbocycles. The Hall–Kier alpha value is -0.630. The first-order valence-electron chi connectivity index (χ1n) is 7.05. The molecule has 0 aliphatic heterocycles. The maximum absolute atomic E-state index is 12.1. The average molecular weight is 332 g/mol. The largest absolute Gasteiger partial charge is 0.372 e. The van der Waals surface area contributed by atoms with Crippen molar-refractivity contribution in [2.24, 2.45) is 5.73 Å². The number of carbonyl (C=O) groups is 1. The van der Waals surface area contributed by atoms with E-state index in [4.69, 9.17) is 10.5 Å². The molecule has 7 heteroatoms. The molecule has 0 saturated carbocycles. The molecule has 21 heavy (non-hydrogen) atoms. The average Bonchev–Trinajstić information content (AvgIpc) is 2.92. The highest BCUT2D eigenvalue weighted by Crippen LogP contribution is 2.21. The molecule has 2 atom stereocenters. The van der Waals surface area contributed by atoms with E-state index in [1.54, 1.807) is 35.0 Å². The van der Waals surface area contributed by atoms with Crippen molar-refractivity contribution in [3.63, 3.8) is 0 Å². The predicted octanol–water partition coefficient (Wildman–Crippen LogP) is 2.28. The van der Waals surface area contributed by atoms with E-state index in [1.807, 2.05) is 25.5 Å². The molecule has 5 nitrogen and oxygen atoms in total. The fourth-order valence-electron chi connectivity index (χ4n) is 1.88. The molecule has 0 fully saturated rings. The monoisotopic (exact) mass is 331 g/mol. The first kappa shape index (κ1) is 18.4. The minimum absolute atomic E-state index is 0.00130. The van der Waals surface area contributed by atoms with Crippen molar-refractivity contribution in [2.75, 3.05) is 25.7 Å². The van der Waals surface area contributed by atoms with Crippen LogP contribution in [0.2, 0.25) is 0 Å². The zero-order chi connectivity index (χ0) is 15.8. The van der Waals surface area contributed by atoms with Gasteiger partial charge in [0.2, 0.25) is 5.91 Å². The second kappa shape index (κ2) is 9.40. The van der Waals surface area contributed by atoms with Crippen molar-refractivity contribution in [1.29, 1.82) is 0 Å². The third-order valence-electron chi connectivity index (χ3n) is 3.06. The van der Waals surface area contributed by atoms with Gasteiger partial charge in [0, 0.05) is 19.0 Å². The van der Waals surface area contributed by atoms with Gasteiger partial charge >= 0.3 is 0 Å². The molecule has 0 aliphatic carbocycles. The van der Waals surface area contributed by atoms with Crippen LogP contribution < -0.4 is 5.73 Å². The van der Waals surface area contributed by atoms with E-state index in [9.17, 15) is 4.79 Å². The van der Waals surface area contributed by atoms with E-state index >= 15 is 0 Å². The van der Waals surface area contributed by atoms with Gasteiger partial charge in [-0.2, -0.15) is 11.8 Å². The van der Waals surface area contributed by atoms with Gasteiger partial charge in [-0.1, -0.05) is 0 Å². The molecule has 120 valence electrons. The predicted molar refractivity (Wildman–Crippen MR) is 89.6 cm³/mol. The fourth-order valence-corrected chi connectivity index (χ4v) is 3.18. The van der Waals surface area contributed by atoms with Crippen LogP contribution in [0.3, 0.4) is 0 Å². The summed E-state index contributed by atoms with van der Waals surface area (Å²) in [5.41, 5.74) is 6.79. The number of rotatable bonds is 9. The minimum atomic E-state index is -0.428. The van der Waals surface area contributed by atoms with Crippen molar-refractivity contribution in [1.82, 2.24) is 9.88 Å². The molecule has 1 unspecified atom stereocenters. The van der Waals surface area contributed by atoms with E-state index in [0.717, 1.165) is 16.5 Å². The maximum Gasteiger partial charge on any atom is 0.239 e. The van der Waals surface area contributed by atoms with E-state index in [-0.39, 0.29) is 12.0 Å². The molecule has 1 aromatic rings. The second-order valence-corrected chi connectivity index (χ2v) is 6.73. The first-order chi connectivity index (χ1) is 9.99. The van der Waals surface area contributed by atoms with Gasteiger partial charge in [0.25, 0.3) is 0 Å². The molecule has 0 aliphatic rings. The quantitative estimate of drug-likeness (QED) is 0.752. The number of nitrogens with two attached hydrogens (primary N) is 1. The molecule has 0 bridgehead atoms. The standard InChI is InChI=1S/C14H25N3O2S2/c1-5-19-10(2)13-16-11(9-21-13)8-17(3)14(18)12(15)6-7-20-4/h9-10,12H,5-8,15H2,1-4H3/t10?,12-/m0/s1. The third kappa shape index (κ3) is 5.94. The van der Waals surface area contributed by atoms with Crippen LogP contribution in [0, 0.1) is 0 Å². The van der Waals surface area contributed by atoms with Crippen molar-refractivity contribution >= 4 is 29.0 Å². The van der Waals surface area contributed by atoms with Gasteiger partial charge in [-0.15, -0.1) is 11.3 Å². The smallest absolute Gasteiger partial charge is 0.239 e. The summed E-state index contributed by atoms with van der Waals surface area (Å²) in [6, 6.07) is -0.428. The van der Waals surface area contributed by atoms with Crippen LogP contribution in [0.15, 0.2) is 5.38 Å². The Balaban J connectivity index is 2.54. The number of ether oxygens (including phenoxy) is 1. The van der Waals surface area contributed by atoms with Crippen LogP contribution in [-0.4, -0.2) is 47.5 Å². The molecule has 1 aromatic heterocycles. The number of hydrogen-bond donors (Lipinski definition) is 1. The zero-order valence-corrected chi connectivity index (χ0v) is 14.8. The van der Waals surface area contributed by atoms with Gasteiger partial charge in [0.1, 0.15) is 11.1 Å². The summed E-state index contributed by atoms with van der Waals surface area (Å²) in [6.07, 6.45) is 2.71. The molecular weight excluding hydrogens is 306 g/mol. The lowest BCUT2D eigenvalue weighted by atomic mass is 10.2. The molecular formula is C14H25N3O2S2. The van der Waals surface area contributed by atoms with Crippen LogP contribution in [0.5, 0.6) is 0 Å². The molecule has 0 spiro atoms. The van der Waals surface area contributed by atoms with E-state index in [0.29, 0.717) is 19.6 Å². The van der Waals surface area contributed by atoms with E-state index in [2.05, 4.69) is 4.98 Å². The Morgan fingerprint density at radius 3 is 2.95 bits per heavy atom. The topological polar surface area (TPSA) is 68.5 Å². The van der Waals surface area contributed by atoms with Gasteiger partial charge in [0.15, 0.2) is 0 Å². The molecule has 0 saturated heterocycles. The molecule has 1 heterocycles. The zero-order valence-electron chi connectivity index (χ0n) is 13.2. The SMILES string of the molecule is CCOC(C)c1nc(CN(C)C(=O)[C@@H](N)CCSC)cs1. The lowest BCUT2D eigenvalue weighted by Gasteiger charge is -2.20. The summed E-state index contributed by atoms with van der Waals surface area (Å²) in [5, 5.41) is 2.92. The van der Waals surface area contributed by atoms with Crippen LogP contribution in [0.25, 0.3) is 0 Å². The van der Waals surface area contributed by atoms with Crippen molar-refractivity contribution < 1.29 is 9.53 Å². The lowest BCUT2D eigenvalue weighted by Crippen LogP contribution is -2.41. The number of amides is 1. The summed E-state index contributed by atoms with van der Waals surface area (Å²) < 4.78 is 5.52. The van der Waals surface area contributed by atoms with Crippen molar-refractivity contribution in [2.45, 2.75) is 39.0 Å². The molecule has 0 radical (unpaired) electrons. The summed E-state index contributed by atoms with van der Waals surface area (Å²) >= 11 is 3.26. The Bertz CT molecular complexity index is 440. The molecule has 2 N–H and O–H groups in total. The van der Waals surface area contributed by atoms with Gasteiger partial charge in [0.05, 0.1) is 18.3 Å². The van der Waals surface area contributed by atoms with Crippen LogP contribution in [-0.2, 0) is 16.1 Å². The van der Waals surface area contributed by atoms with E-state index in [1.165, 1.54) is 0 Å². The Kier molecular flexibility index (Phi) is 8.24. The Morgan fingerprint density at radius 2 is 2.33 bits per heavy atom. The number of likely N-dealkylation sites (N-methyl/N-ethyl adjacent to an activating group) is 1. The molecule has 1 amide bonds. The highest BCUT2D eigenvalue weighted by molar-refractivity contribution is 7.98. The summed E-state index contributed by atoms with van der Waals surface area (Å²) in [4.78, 5) is 18.3. The van der Waals surface area contributed by atoms with Crippen LogP contribution >= 0.6 is 23.1 Å². The van der Waals surface area contributed by atoms with Gasteiger partial charge in [-0.05, 0) is 32.3 Å². The summed E-state index contributed by atoms with van der Waals surface area (Å²) in [7, 11) is 1.77. The number of aromatic nitrogens is 1. The third-order valence-corrected chi connectivity index (χ3v) is 4.76. The van der Waals surface area contributed by atoms with E-state index < -0.39 is 6.04 Å². The minimum Gasteiger partial charge on any atom is -0.372 e. The van der Waals surface area contributed by atoms with Crippen molar-refractivity contribution in [3.05, 3.63) is 16.1 Å². The second-order valence-electron chi connectivity index (χ2n) is 4.86. The lowest BCUT2D eigenvalue weighted by molar-refractivity contribution is -0.131. The highest BCUT2D eigenvalue weighted by atomic mass is 32.2. The number of thioether (sulfide) groups is 1. The van der Waals surface area contributed by atoms with Gasteiger partial charge < -0.3 is 15.4 Å². The first-order valence-corrected chi connectivity index (χ1v) is 9.32. The number of carbonyl (C=O) groups excluding carboxylic acids is 1. The molecule has 1 rings (SSSR count). The summed E-state index contributed by atoms with van der Waals surface area (Å²) in [5.74, 6) is 0.865. The Morgan fingerprint density at radius 1 is 1.62 bits per heavy atom. The number of thiazole rings is 1. The number of hydrogen-bond acceptors (Lipinski definition) is 6. The summed E-state index contributed by atoms with van der Waals surface area (Å²) in [6.45, 7) is 5.10. The Labute approximate surface area is 135 Å². The van der Waals surface area contributed by atoms with Gasteiger partial charge in [-0.3, -0.25) is 4.79 Å². The van der Waals surface area contributed by atoms with Crippen LogP contribution in [0.1, 0.15) is 37.1 Å². The highest BCUT2D eigenvalue weighted by Gasteiger charge is 2.19. The number of nitrogens with zero attached hydrogens (tertiary/aromatic N) is 2. The van der Waals surface area contributed by atoms with Crippen LogP contribution in [0.4, 0.5) is 0 Å². The fraction of sp³-hybridized carbons (Fsp3) is 0.714. The van der Waals surface area contributed by atoms with Gasteiger partial charge in [-0.25, -0.2) is 4.98 Å². The maximum atomic E-state index is 12.1. The van der Waals surface area contributed by atoms with Crippen molar-refractivity contribution in [3.8, 4) is 0 Å². The normalized spacial score (nSPS) is 14.0.